The van der Waals surface area contributed by atoms with Crippen molar-refractivity contribution in [2.45, 2.75) is 17.7 Å². The summed E-state index contributed by atoms with van der Waals surface area (Å²) in [6.45, 7) is 1.40. The average molecular weight is 295 g/mol. The lowest BCUT2D eigenvalue weighted by Crippen LogP contribution is -1.96. The molecule has 1 aromatic heterocycles. The lowest BCUT2D eigenvalue weighted by molar-refractivity contribution is 0.101. The molecule has 0 aliphatic carbocycles. The summed E-state index contributed by atoms with van der Waals surface area (Å²) in [5.74, 6) is 0.246. The molecule has 1 N–H and O–H groups in total. The van der Waals surface area contributed by atoms with Gasteiger partial charge in [-0.3, -0.25) is 4.79 Å². The Morgan fingerprint density at radius 1 is 1.47 bits per heavy atom. The average Bonchev–Trinajstić information content (AvgIpc) is 2.40. The summed E-state index contributed by atoms with van der Waals surface area (Å²) in [7, 11) is 0. The smallest absolute Gasteiger partial charge is 0.163 e. The number of thioether (sulfide) groups is 1. The molecule has 19 heavy (non-hydrogen) atoms. The topological polar surface area (TPSA) is 63.1 Å². The highest BCUT2D eigenvalue weighted by molar-refractivity contribution is 7.98. The summed E-state index contributed by atoms with van der Waals surface area (Å²) in [5.41, 5.74) is 0.854. The molecule has 2 rings (SSSR count). The van der Waals surface area contributed by atoms with Crippen LogP contribution >= 0.6 is 23.4 Å². The maximum Gasteiger partial charge on any atom is 0.163 e. The van der Waals surface area contributed by atoms with Crippen LogP contribution in [0.15, 0.2) is 35.7 Å². The molecule has 0 bridgehead atoms. The Hall–Kier alpha value is -1.59. The van der Waals surface area contributed by atoms with E-state index in [1.165, 1.54) is 31.1 Å². The Labute approximate surface area is 119 Å². The largest absolute Gasteiger partial charge is 0.507 e. The van der Waals surface area contributed by atoms with E-state index >= 15 is 0 Å². The number of phenolic OH excluding ortho intramolecular Hbond substituents is 1. The van der Waals surface area contributed by atoms with Crippen LogP contribution in [0.3, 0.4) is 0 Å². The number of benzene rings is 1. The first-order valence-electron chi connectivity index (χ1n) is 5.49. The van der Waals surface area contributed by atoms with Crippen LogP contribution in [0.25, 0.3) is 0 Å². The fourth-order valence-corrected chi connectivity index (χ4v) is 2.59. The van der Waals surface area contributed by atoms with Gasteiger partial charge in [-0.25, -0.2) is 9.97 Å². The van der Waals surface area contributed by atoms with Crippen LogP contribution in [0.1, 0.15) is 22.8 Å². The zero-order valence-corrected chi connectivity index (χ0v) is 11.7. The number of ketones is 1. The number of carbonyl (C=O) groups is 1. The monoisotopic (exact) mass is 294 g/mol. The summed E-state index contributed by atoms with van der Waals surface area (Å²) in [4.78, 5) is 19.3. The summed E-state index contributed by atoms with van der Waals surface area (Å²) < 4.78 is 0. The van der Waals surface area contributed by atoms with E-state index < -0.39 is 0 Å². The molecular weight excluding hydrogens is 284 g/mol. The minimum absolute atomic E-state index is 0.0153. The molecule has 0 amide bonds. The Morgan fingerprint density at radius 2 is 2.26 bits per heavy atom. The van der Waals surface area contributed by atoms with Gasteiger partial charge in [0.25, 0.3) is 0 Å². The minimum atomic E-state index is -0.215. The van der Waals surface area contributed by atoms with Crippen LogP contribution in [0.2, 0.25) is 5.02 Å². The Kier molecular flexibility index (Phi) is 4.39. The van der Waals surface area contributed by atoms with Crippen LogP contribution in [-0.2, 0) is 5.75 Å². The van der Waals surface area contributed by atoms with Crippen LogP contribution in [0.5, 0.6) is 5.75 Å². The van der Waals surface area contributed by atoms with Crippen molar-refractivity contribution >= 4 is 29.1 Å². The van der Waals surface area contributed by atoms with Gasteiger partial charge in [0, 0.05) is 22.5 Å². The Balaban J connectivity index is 2.23. The third kappa shape index (κ3) is 3.45. The van der Waals surface area contributed by atoms with E-state index in [2.05, 4.69) is 9.97 Å². The van der Waals surface area contributed by atoms with Crippen LogP contribution in [0, 0.1) is 0 Å². The molecule has 0 saturated carbocycles. The molecular formula is C13H11ClN2O2S. The standard InChI is InChI=1S/C13H11ClN2O2S/c1-8(17)11-5-10(14)4-9(13(11)18)6-19-12-2-3-15-7-16-12/h2-5,7,18H,6H2,1H3. The number of aromatic nitrogens is 2. The van der Waals surface area contributed by atoms with Gasteiger partial charge in [-0.1, -0.05) is 11.6 Å². The van der Waals surface area contributed by atoms with Crippen LogP contribution in [-0.4, -0.2) is 20.9 Å². The van der Waals surface area contributed by atoms with Crippen molar-refractivity contribution in [1.82, 2.24) is 9.97 Å². The van der Waals surface area contributed by atoms with Crippen molar-refractivity contribution in [3.8, 4) is 5.75 Å². The maximum absolute atomic E-state index is 11.4. The van der Waals surface area contributed by atoms with Crippen molar-refractivity contribution < 1.29 is 9.90 Å². The van der Waals surface area contributed by atoms with Gasteiger partial charge in [0.05, 0.1) is 10.6 Å². The van der Waals surface area contributed by atoms with Crippen molar-refractivity contribution in [2.24, 2.45) is 0 Å². The van der Waals surface area contributed by atoms with Gasteiger partial charge >= 0.3 is 0 Å². The van der Waals surface area contributed by atoms with Gasteiger partial charge in [-0.05, 0) is 25.1 Å². The molecule has 0 spiro atoms. The summed E-state index contributed by atoms with van der Waals surface area (Å²) in [5, 5.41) is 11.3. The molecule has 0 fully saturated rings. The summed E-state index contributed by atoms with van der Waals surface area (Å²) in [6, 6.07) is 4.90. The number of carbonyl (C=O) groups excluding carboxylic acids is 1. The second-order valence-corrected chi connectivity index (χ2v) is 5.29. The zero-order valence-electron chi connectivity index (χ0n) is 10.1. The molecule has 0 radical (unpaired) electrons. The molecule has 0 unspecified atom stereocenters. The number of phenols is 1. The third-order valence-corrected chi connectivity index (χ3v) is 3.67. The first-order chi connectivity index (χ1) is 9.08. The van der Waals surface area contributed by atoms with E-state index in [1.54, 1.807) is 18.3 Å². The molecule has 98 valence electrons. The first-order valence-corrected chi connectivity index (χ1v) is 6.85. The van der Waals surface area contributed by atoms with Gasteiger partial charge in [0.2, 0.25) is 0 Å². The molecule has 0 aliphatic rings. The number of Topliss-reactive ketones (excluding diaryl/α,β-unsaturated/α-hetero) is 1. The number of hydrogen-bond donors (Lipinski definition) is 1. The van der Waals surface area contributed by atoms with Crippen LogP contribution < -0.4 is 0 Å². The van der Waals surface area contributed by atoms with Gasteiger partial charge in [0.1, 0.15) is 12.1 Å². The lowest BCUT2D eigenvalue weighted by atomic mass is 10.1. The fourth-order valence-electron chi connectivity index (χ4n) is 1.55. The highest BCUT2D eigenvalue weighted by Crippen LogP contribution is 2.32. The van der Waals surface area contributed by atoms with E-state index in [0.29, 0.717) is 16.3 Å². The molecule has 0 saturated heterocycles. The third-order valence-electron chi connectivity index (χ3n) is 2.46. The van der Waals surface area contributed by atoms with E-state index in [1.807, 2.05) is 0 Å². The van der Waals surface area contributed by atoms with Crippen LogP contribution in [0.4, 0.5) is 0 Å². The minimum Gasteiger partial charge on any atom is -0.507 e. The highest BCUT2D eigenvalue weighted by Gasteiger charge is 2.13. The van der Waals surface area contributed by atoms with Gasteiger partial charge in [-0.15, -0.1) is 11.8 Å². The quantitative estimate of drug-likeness (QED) is 0.532. The first kappa shape index (κ1) is 13.8. The van der Waals surface area contributed by atoms with E-state index in [9.17, 15) is 9.90 Å². The number of aromatic hydroxyl groups is 1. The van der Waals surface area contributed by atoms with Gasteiger partial charge < -0.3 is 5.11 Å². The lowest BCUT2D eigenvalue weighted by Gasteiger charge is -2.08. The zero-order chi connectivity index (χ0) is 13.8. The highest BCUT2D eigenvalue weighted by atomic mass is 35.5. The molecule has 0 atom stereocenters. The van der Waals surface area contributed by atoms with Crippen molar-refractivity contribution in [2.75, 3.05) is 0 Å². The number of rotatable bonds is 4. The maximum atomic E-state index is 11.4. The van der Waals surface area contributed by atoms with E-state index in [0.717, 1.165) is 5.03 Å². The predicted octanol–water partition coefficient (Wildman–Crippen LogP) is 3.33. The molecule has 1 heterocycles. The van der Waals surface area contributed by atoms with E-state index in [-0.39, 0.29) is 17.1 Å². The Bertz CT molecular complexity index is 605. The fraction of sp³-hybridized carbons (Fsp3) is 0.154. The van der Waals surface area contributed by atoms with E-state index in [4.69, 9.17) is 11.6 Å². The summed E-state index contributed by atoms with van der Waals surface area (Å²) >= 11 is 7.39. The molecule has 6 heteroatoms. The van der Waals surface area contributed by atoms with Crippen molar-refractivity contribution in [1.29, 1.82) is 0 Å². The predicted molar refractivity (Wildman–Crippen MR) is 74.7 cm³/mol. The second kappa shape index (κ2) is 6.04. The number of hydrogen-bond acceptors (Lipinski definition) is 5. The molecule has 0 aliphatic heterocycles. The molecule has 1 aromatic carbocycles. The molecule has 4 nitrogen and oxygen atoms in total. The summed E-state index contributed by atoms with van der Waals surface area (Å²) in [6.07, 6.45) is 3.11. The van der Waals surface area contributed by atoms with Gasteiger partial charge in [0.15, 0.2) is 5.78 Å². The number of halogens is 1. The number of nitrogens with zero attached hydrogens (tertiary/aromatic N) is 2. The van der Waals surface area contributed by atoms with Crippen molar-refractivity contribution in [3.63, 3.8) is 0 Å². The normalized spacial score (nSPS) is 10.4. The van der Waals surface area contributed by atoms with Gasteiger partial charge in [-0.2, -0.15) is 0 Å². The molecule has 2 aromatic rings. The van der Waals surface area contributed by atoms with Crippen molar-refractivity contribution in [3.05, 3.63) is 46.9 Å². The SMILES string of the molecule is CC(=O)c1cc(Cl)cc(CSc2ccncn2)c1O. The Morgan fingerprint density at radius 3 is 2.89 bits per heavy atom. The second-order valence-electron chi connectivity index (χ2n) is 3.85.